The molecule has 3 rings (SSSR count). The van der Waals surface area contributed by atoms with E-state index in [2.05, 4.69) is 0 Å². The van der Waals surface area contributed by atoms with E-state index < -0.39 is 13.8 Å². The van der Waals surface area contributed by atoms with Gasteiger partial charge >= 0.3 is 7.75 Å². The van der Waals surface area contributed by atoms with E-state index in [-0.39, 0.29) is 25.4 Å². The summed E-state index contributed by atoms with van der Waals surface area (Å²) in [5, 5.41) is 0. The fourth-order valence-corrected chi connectivity index (χ4v) is 5.45. The minimum atomic E-state index is -3.74. The van der Waals surface area contributed by atoms with Gasteiger partial charge in [0.05, 0.1) is 19.3 Å². The second-order valence-corrected chi connectivity index (χ2v) is 8.79. The van der Waals surface area contributed by atoms with Crippen LogP contribution in [0.25, 0.3) is 0 Å². The Hall–Kier alpha value is -2.72. The zero-order valence-electron chi connectivity index (χ0n) is 17.9. The molecular formula is C25H28NO4P. The fraction of sp³-hybridized carbons (Fsp3) is 0.240. The maximum absolute atomic E-state index is 14.0. The highest BCUT2D eigenvalue weighted by atomic mass is 31.2. The molecule has 0 aromatic heterocycles. The molecule has 0 amide bonds. The van der Waals surface area contributed by atoms with Crippen LogP contribution in [0.5, 0.6) is 0 Å². The average molecular weight is 437 g/mol. The Balaban J connectivity index is 2.13. The molecule has 0 saturated carbocycles. The van der Waals surface area contributed by atoms with Crippen molar-refractivity contribution in [2.45, 2.75) is 26.3 Å². The molecule has 6 heteroatoms. The van der Waals surface area contributed by atoms with Crippen LogP contribution in [-0.4, -0.2) is 19.0 Å². The van der Waals surface area contributed by atoms with Gasteiger partial charge in [-0.15, -0.1) is 0 Å². The predicted molar refractivity (Wildman–Crippen MR) is 124 cm³/mol. The number of benzene rings is 3. The number of carbonyl (C=O) groups excluding carboxylic acids is 1. The van der Waals surface area contributed by atoms with Crippen LogP contribution in [0.15, 0.2) is 91.0 Å². The molecule has 1 atom stereocenters. The summed E-state index contributed by atoms with van der Waals surface area (Å²) >= 11 is 0. The molecule has 0 saturated heterocycles. The van der Waals surface area contributed by atoms with Crippen LogP contribution in [0.1, 0.15) is 42.2 Å². The molecule has 0 N–H and O–H groups in total. The van der Waals surface area contributed by atoms with E-state index in [1.165, 1.54) is 0 Å². The summed E-state index contributed by atoms with van der Waals surface area (Å²) in [5.41, 5.74) is 2.14. The molecule has 31 heavy (non-hydrogen) atoms. The van der Waals surface area contributed by atoms with Gasteiger partial charge in [0.15, 0.2) is 5.78 Å². The molecule has 0 radical (unpaired) electrons. The highest BCUT2D eigenvalue weighted by Gasteiger charge is 2.40. The monoisotopic (exact) mass is 437 g/mol. The van der Waals surface area contributed by atoms with Crippen LogP contribution in [0.3, 0.4) is 0 Å². The Morgan fingerprint density at radius 1 is 0.806 bits per heavy atom. The second kappa shape index (κ2) is 11.1. The van der Waals surface area contributed by atoms with E-state index in [1.54, 1.807) is 30.7 Å². The zero-order chi connectivity index (χ0) is 22.1. The summed E-state index contributed by atoms with van der Waals surface area (Å²) in [6, 6.07) is 27.5. The standard InChI is InChI=1S/C25H28NO4P/c1-3-29-31(28,30-4-2)26(23-18-12-7-13-19-23)24(21-14-8-5-9-15-21)20-25(27)22-16-10-6-11-17-22/h5-19,24H,3-4,20H2,1-2H3. The predicted octanol–water partition coefficient (Wildman–Crippen LogP) is 6.69. The molecule has 3 aromatic carbocycles. The Morgan fingerprint density at radius 3 is 1.81 bits per heavy atom. The summed E-state index contributed by atoms with van der Waals surface area (Å²) in [4.78, 5) is 13.2. The Labute approximate surface area is 184 Å². The summed E-state index contributed by atoms with van der Waals surface area (Å²) in [6.07, 6.45) is 0.118. The van der Waals surface area contributed by atoms with Crippen LogP contribution < -0.4 is 4.67 Å². The number of hydrogen-bond acceptors (Lipinski definition) is 4. The van der Waals surface area contributed by atoms with E-state index in [0.29, 0.717) is 11.3 Å². The van der Waals surface area contributed by atoms with Crippen molar-refractivity contribution >= 4 is 19.2 Å². The maximum atomic E-state index is 14.0. The normalized spacial score (nSPS) is 12.3. The van der Waals surface area contributed by atoms with Gasteiger partial charge in [0, 0.05) is 17.7 Å². The number of carbonyl (C=O) groups is 1. The number of hydrogen-bond donors (Lipinski definition) is 0. The number of rotatable bonds is 11. The first kappa shape index (κ1) is 23.0. The van der Waals surface area contributed by atoms with Crippen LogP contribution in [-0.2, 0) is 13.6 Å². The van der Waals surface area contributed by atoms with E-state index in [1.807, 2.05) is 78.9 Å². The Bertz CT molecular complexity index is 986. The van der Waals surface area contributed by atoms with Crippen LogP contribution >= 0.6 is 7.75 Å². The summed E-state index contributed by atoms with van der Waals surface area (Å²) in [5.74, 6) is -0.0464. The average Bonchev–Trinajstić information content (AvgIpc) is 2.80. The first-order valence-electron chi connectivity index (χ1n) is 10.5. The van der Waals surface area contributed by atoms with Crippen molar-refractivity contribution in [3.8, 4) is 0 Å². The SMILES string of the molecule is CCOP(=O)(OCC)N(c1ccccc1)C(CC(=O)c1ccccc1)c1ccccc1. The second-order valence-electron chi connectivity index (χ2n) is 6.90. The lowest BCUT2D eigenvalue weighted by molar-refractivity contribution is 0.0973. The molecule has 3 aromatic rings. The highest BCUT2D eigenvalue weighted by Crippen LogP contribution is 2.58. The smallest absolute Gasteiger partial charge is 0.294 e. The molecule has 0 aliphatic heterocycles. The lowest BCUT2D eigenvalue weighted by atomic mass is 9.97. The van der Waals surface area contributed by atoms with Crippen molar-refractivity contribution in [1.29, 1.82) is 0 Å². The van der Waals surface area contributed by atoms with Gasteiger partial charge < -0.3 is 0 Å². The quantitative estimate of drug-likeness (QED) is 0.247. The largest absolute Gasteiger partial charge is 0.435 e. The van der Waals surface area contributed by atoms with Gasteiger partial charge in [-0.05, 0) is 31.5 Å². The van der Waals surface area contributed by atoms with Crippen LogP contribution in [0.4, 0.5) is 5.69 Å². The van der Waals surface area contributed by atoms with Crippen molar-refractivity contribution in [3.05, 3.63) is 102 Å². The van der Waals surface area contributed by atoms with E-state index >= 15 is 0 Å². The summed E-state index contributed by atoms with van der Waals surface area (Å²) < 4.78 is 27.1. The summed E-state index contributed by atoms with van der Waals surface area (Å²) in [6.45, 7) is 3.99. The maximum Gasteiger partial charge on any atom is 0.435 e. The van der Waals surface area contributed by atoms with E-state index in [4.69, 9.17) is 9.05 Å². The Kier molecular flexibility index (Phi) is 8.19. The number of anilines is 1. The van der Waals surface area contributed by atoms with Gasteiger partial charge in [-0.2, -0.15) is 0 Å². The van der Waals surface area contributed by atoms with Gasteiger partial charge in [0.25, 0.3) is 0 Å². The van der Waals surface area contributed by atoms with Crippen molar-refractivity contribution in [1.82, 2.24) is 0 Å². The fourth-order valence-electron chi connectivity index (χ4n) is 3.50. The molecule has 0 aliphatic rings. The highest BCUT2D eigenvalue weighted by molar-refractivity contribution is 7.55. The third kappa shape index (κ3) is 5.71. The van der Waals surface area contributed by atoms with Gasteiger partial charge in [0.2, 0.25) is 0 Å². The first-order valence-corrected chi connectivity index (χ1v) is 12.0. The number of ketones is 1. The lowest BCUT2D eigenvalue weighted by Crippen LogP contribution is -2.30. The number of nitrogens with zero attached hydrogens (tertiary/aromatic N) is 1. The van der Waals surface area contributed by atoms with Crippen molar-refractivity contribution < 1.29 is 18.4 Å². The summed E-state index contributed by atoms with van der Waals surface area (Å²) in [7, 11) is -3.74. The van der Waals surface area contributed by atoms with Gasteiger partial charge in [-0.25, -0.2) is 4.57 Å². The van der Waals surface area contributed by atoms with Crippen molar-refractivity contribution in [2.75, 3.05) is 17.9 Å². The number of Topliss-reactive ketones (excluding diaryl/α,β-unsaturated/α-hetero) is 1. The van der Waals surface area contributed by atoms with Crippen molar-refractivity contribution in [2.24, 2.45) is 0 Å². The van der Waals surface area contributed by atoms with Crippen molar-refractivity contribution in [3.63, 3.8) is 0 Å². The number of para-hydroxylation sites is 1. The van der Waals surface area contributed by atoms with E-state index in [0.717, 1.165) is 5.56 Å². The van der Waals surface area contributed by atoms with Gasteiger partial charge in [-0.1, -0.05) is 78.9 Å². The third-order valence-corrected chi connectivity index (χ3v) is 7.03. The molecule has 5 nitrogen and oxygen atoms in total. The zero-order valence-corrected chi connectivity index (χ0v) is 18.8. The minimum Gasteiger partial charge on any atom is -0.294 e. The first-order chi connectivity index (χ1) is 15.1. The Morgan fingerprint density at radius 2 is 1.29 bits per heavy atom. The molecule has 0 fully saturated rings. The van der Waals surface area contributed by atoms with Gasteiger partial charge in [0.1, 0.15) is 0 Å². The van der Waals surface area contributed by atoms with E-state index in [9.17, 15) is 9.36 Å². The van der Waals surface area contributed by atoms with Crippen LogP contribution in [0.2, 0.25) is 0 Å². The topological polar surface area (TPSA) is 55.8 Å². The molecule has 0 spiro atoms. The lowest BCUT2D eigenvalue weighted by Gasteiger charge is -2.37. The molecule has 0 aliphatic carbocycles. The third-order valence-electron chi connectivity index (χ3n) is 4.82. The molecule has 0 heterocycles. The molecule has 1 unspecified atom stereocenters. The van der Waals surface area contributed by atoms with Gasteiger partial charge in [-0.3, -0.25) is 18.5 Å². The molecular weight excluding hydrogens is 409 g/mol. The molecule has 0 bridgehead atoms. The van der Waals surface area contributed by atoms with Crippen LogP contribution in [0, 0.1) is 0 Å². The molecule has 162 valence electrons. The minimum absolute atomic E-state index is 0.0464.